The Morgan fingerprint density at radius 3 is 3.06 bits per heavy atom. The Kier molecular flexibility index (Phi) is 3.58. The lowest BCUT2D eigenvalue weighted by atomic mass is 10.2. The van der Waals surface area contributed by atoms with Crippen molar-refractivity contribution in [1.29, 1.82) is 0 Å². The minimum absolute atomic E-state index is 0.215. The maximum Gasteiger partial charge on any atom is 0.150 e. The van der Waals surface area contributed by atoms with E-state index < -0.39 is 0 Å². The van der Waals surface area contributed by atoms with Crippen molar-refractivity contribution in [2.45, 2.75) is 25.1 Å². The molecular weight excluding hydrogens is 206 g/mol. The Bertz CT molecular complexity index is 313. The van der Waals surface area contributed by atoms with Gasteiger partial charge in [0.05, 0.1) is 18.8 Å². The number of nitrogens with zero attached hydrogens (tertiary/aromatic N) is 3. The maximum atomic E-state index is 9.71. The second-order valence-electron chi connectivity index (χ2n) is 4.71. The minimum atomic E-state index is -0.215. The van der Waals surface area contributed by atoms with Crippen LogP contribution in [-0.4, -0.2) is 59.4 Å². The number of rotatable bonds is 4. The lowest BCUT2D eigenvalue weighted by Gasteiger charge is -2.25. The summed E-state index contributed by atoms with van der Waals surface area (Å²) in [4.78, 5) is 4.40. The lowest BCUT2D eigenvalue weighted by Crippen LogP contribution is -2.37. The van der Waals surface area contributed by atoms with Gasteiger partial charge in [0.1, 0.15) is 0 Å². The Balaban J connectivity index is 1.95. The molecule has 5 nitrogen and oxygen atoms in total. The smallest absolute Gasteiger partial charge is 0.150 e. The molecule has 2 heterocycles. The highest BCUT2D eigenvalue weighted by Crippen LogP contribution is 2.20. The molecule has 0 radical (unpaired) electrons. The van der Waals surface area contributed by atoms with Gasteiger partial charge in [0.15, 0.2) is 5.76 Å². The van der Waals surface area contributed by atoms with Gasteiger partial charge in [0.2, 0.25) is 0 Å². The molecule has 1 aromatic heterocycles. The second kappa shape index (κ2) is 4.95. The van der Waals surface area contributed by atoms with Crippen LogP contribution in [0.2, 0.25) is 0 Å². The fourth-order valence-electron chi connectivity index (χ4n) is 2.29. The molecule has 16 heavy (non-hydrogen) atoms. The predicted molar refractivity (Wildman–Crippen MR) is 59.9 cm³/mol. The highest BCUT2D eigenvalue weighted by Gasteiger charge is 2.31. The molecule has 0 saturated carbocycles. The fraction of sp³-hybridized carbons (Fsp3) is 0.727. The number of likely N-dealkylation sites (N-methyl/N-ethyl adjacent to an activating group) is 1. The average molecular weight is 225 g/mol. The van der Waals surface area contributed by atoms with E-state index in [2.05, 4.69) is 29.1 Å². The van der Waals surface area contributed by atoms with E-state index in [1.165, 1.54) is 0 Å². The molecule has 2 atom stereocenters. The number of β-amino-alcohol motifs (C(OH)–C–C–N with tert-alkyl or cyclic N) is 1. The zero-order valence-electron chi connectivity index (χ0n) is 9.83. The quantitative estimate of drug-likeness (QED) is 0.791. The van der Waals surface area contributed by atoms with Gasteiger partial charge in [-0.2, -0.15) is 0 Å². The van der Waals surface area contributed by atoms with E-state index in [-0.39, 0.29) is 6.10 Å². The van der Waals surface area contributed by atoms with Gasteiger partial charge in [0, 0.05) is 25.2 Å². The molecule has 1 aliphatic rings. The van der Waals surface area contributed by atoms with E-state index in [9.17, 15) is 5.11 Å². The van der Waals surface area contributed by atoms with Gasteiger partial charge in [0.25, 0.3) is 0 Å². The largest absolute Gasteiger partial charge is 0.392 e. The molecule has 90 valence electrons. The Labute approximate surface area is 95.6 Å². The van der Waals surface area contributed by atoms with Gasteiger partial charge >= 0.3 is 0 Å². The van der Waals surface area contributed by atoms with Crippen molar-refractivity contribution < 1.29 is 9.63 Å². The molecule has 0 aromatic carbocycles. The molecule has 0 bridgehead atoms. The average Bonchev–Trinajstić information content (AvgIpc) is 2.77. The number of likely N-dealkylation sites (tertiary alicyclic amines) is 1. The van der Waals surface area contributed by atoms with Crippen LogP contribution in [0.15, 0.2) is 16.8 Å². The number of hydrogen-bond donors (Lipinski definition) is 1. The standard InChI is InChI=1S/C11H19N3O2/c1-13(2)6-9-5-10(15)7-14(9)8-11-3-4-12-16-11/h3-4,9-10,15H,5-8H2,1-2H3. The maximum absolute atomic E-state index is 9.71. The van der Waals surface area contributed by atoms with Crippen LogP contribution in [0.4, 0.5) is 0 Å². The van der Waals surface area contributed by atoms with Crippen molar-refractivity contribution in [3.63, 3.8) is 0 Å². The topological polar surface area (TPSA) is 52.7 Å². The summed E-state index contributed by atoms with van der Waals surface area (Å²) < 4.78 is 5.10. The number of hydrogen-bond acceptors (Lipinski definition) is 5. The van der Waals surface area contributed by atoms with E-state index in [0.29, 0.717) is 6.04 Å². The SMILES string of the molecule is CN(C)CC1CC(O)CN1Cc1ccno1. The molecule has 0 spiro atoms. The molecule has 0 amide bonds. The second-order valence-corrected chi connectivity index (χ2v) is 4.71. The lowest BCUT2D eigenvalue weighted by molar-refractivity contribution is 0.160. The summed E-state index contributed by atoms with van der Waals surface area (Å²) in [6.45, 7) is 2.42. The van der Waals surface area contributed by atoms with Gasteiger partial charge in [-0.1, -0.05) is 5.16 Å². The summed E-state index contributed by atoms with van der Waals surface area (Å²) in [7, 11) is 4.11. The third kappa shape index (κ3) is 2.81. The Hall–Kier alpha value is -0.910. The molecule has 2 unspecified atom stereocenters. The first-order valence-corrected chi connectivity index (χ1v) is 5.61. The van der Waals surface area contributed by atoms with E-state index in [1.807, 2.05) is 6.07 Å². The van der Waals surface area contributed by atoms with Crippen LogP contribution in [0.5, 0.6) is 0 Å². The van der Waals surface area contributed by atoms with Crippen molar-refractivity contribution in [2.24, 2.45) is 0 Å². The van der Waals surface area contributed by atoms with E-state index in [0.717, 1.165) is 31.8 Å². The molecule has 2 rings (SSSR count). The van der Waals surface area contributed by atoms with Crippen LogP contribution in [0.3, 0.4) is 0 Å². The summed E-state index contributed by atoms with van der Waals surface area (Å²) in [6.07, 6.45) is 2.28. The van der Waals surface area contributed by atoms with E-state index in [1.54, 1.807) is 6.20 Å². The Morgan fingerprint density at radius 2 is 2.44 bits per heavy atom. The van der Waals surface area contributed by atoms with Crippen LogP contribution in [0.1, 0.15) is 12.2 Å². The molecule has 1 aromatic rings. The van der Waals surface area contributed by atoms with Crippen LogP contribution >= 0.6 is 0 Å². The van der Waals surface area contributed by atoms with E-state index in [4.69, 9.17) is 4.52 Å². The summed E-state index contributed by atoms with van der Waals surface area (Å²) >= 11 is 0. The molecule has 0 aliphatic carbocycles. The fourth-order valence-corrected chi connectivity index (χ4v) is 2.29. The zero-order chi connectivity index (χ0) is 11.5. The van der Waals surface area contributed by atoms with Gasteiger partial charge in [-0.15, -0.1) is 0 Å². The molecule has 5 heteroatoms. The Morgan fingerprint density at radius 1 is 1.62 bits per heavy atom. The number of aliphatic hydroxyl groups is 1. The van der Waals surface area contributed by atoms with Crippen molar-refractivity contribution in [3.8, 4) is 0 Å². The zero-order valence-corrected chi connectivity index (χ0v) is 9.83. The van der Waals surface area contributed by atoms with Crippen molar-refractivity contribution >= 4 is 0 Å². The van der Waals surface area contributed by atoms with Gasteiger partial charge in [-0.05, 0) is 20.5 Å². The molecule has 1 fully saturated rings. The van der Waals surface area contributed by atoms with Crippen molar-refractivity contribution in [2.75, 3.05) is 27.2 Å². The van der Waals surface area contributed by atoms with Gasteiger partial charge in [-0.3, -0.25) is 4.90 Å². The summed E-state index contributed by atoms with van der Waals surface area (Å²) in [5, 5.41) is 13.4. The van der Waals surface area contributed by atoms with E-state index >= 15 is 0 Å². The monoisotopic (exact) mass is 225 g/mol. The molecule has 1 aliphatic heterocycles. The molecule has 1 saturated heterocycles. The third-order valence-corrected chi connectivity index (χ3v) is 2.93. The van der Waals surface area contributed by atoms with Crippen LogP contribution in [0, 0.1) is 0 Å². The van der Waals surface area contributed by atoms with Crippen molar-refractivity contribution in [1.82, 2.24) is 15.0 Å². The highest BCUT2D eigenvalue weighted by molar-refractivity contribution is 4.96. The van der Waals surface area contributed by atoms with Crippen LogP contribution in [-0.2, 0) is 6.54 Å². The number of aromatic nitrogens is 1. The summed E-state index contributed by atoms with van der Waals surface area (Å²) in [5.74, 6) is 0.859. The first-order valence-electron chi connectivity index (χ1n) is 5.61. The van der Waals surface area contributed by atoms with Crippen molar-refractivity contribution in [3.05, 3.63) is 18.0 Å². The molecular formula is C11H19N3O2. The third-order valence-electron chi connectivity index (χ3n) is 2.93. The number of aliphatic hydroxyl groups excluding tert-OH is 1. The minimum Gasteiger partial charge on any atom is -0.392 e. The van der Waals surface area contributed by atoms with Crippen LogP contribution < -0.4 is 0 Å². The summed E-state index contributed by atoms with van der Waals surface area (Å²) in [5.41, 5.74) is 0. The normalized spacial score (nSPS) is 26.8. The first-order chi connectivity index (χ1) is 7.65. The highest BCUT2D eigenvalue weighted by atomic mass is 16.5. The molecule has 1 N–H and O–H groups in total. The van der Waals surface area contributed by atoms with Gasteiger partial charge in [-0.25, -0.2) is 0 Å². The predicted octanol–water partition coefficient (Wildman–Crippen LogP) is 0.171. The van der Waals surface area contributed by atoms with Crippen LogP contribution in [0.25, 0.3) is 0 Å². The first kappa shape index (κ1) is 11.6. The summed E-state index contributed by atoms with van der Waals surface area (Å²) in [6, 6.07) is 2.27. The van der Waals surface area contributed by atoms with Gasteiger partial charge < -0.3 is 14.5 Å².